The molecule has 0 atom stereocenters. The molecule has 0 aliphatic rings. The van der Waals surface area contributed by atoms with Crippen LogP contribution in [0.5, 0.6) is 5.75 Å². The van der Waals surface area contributed by atoms with E-state index in [0.717, 1.165) is 10.5 Å². The molecule has 104 valence electrons. The number of carboxylic acids is 1. The van der Waals surface area contributed by atoms with E-state index in [1.54, 1.807) is 18.2 Å². The van der Waals surface area contributed by atoms with E-state index >= 15 is 0 Å². The minimum Gasteiger partial charge on any atom is -0.488 e. The van der Waals surface area contributed by atoms with Crippen molar-refractivity contribution in [3.05, 3.63) is 62.8 Å². The lowest BCUT2D eigenvalue weighted by atomic mass is 10.2. The predicted octanol–water partition coefficient (Wildman–Crippen LogP) is 4.52. The smallest absolute Gasteiger partial charge is 0.342 e. The van der Waals surface area contributed by atoms with Gasteiger partial charge in [0.05, 0.1) is 0 Å². The van der Waals surface area contributed by atoms with Gasteiger partial charge >= 0.3 is 5.97 Å². The van der Waals surface area contributed by atoms with Gasteiger partial charge in [-0.2, -0.15) is 0 Å². The molecule has 0 spiro atoms. The van der Waals surface area contributed by atoms with E-state index in [1.165, 1.54) is 12.1 Å². The standard InChI is InChI=1S/C14H9BrClFO3/c15-9-5-4-8(10(16)6-9)7-20-12-3-1-2-11(17)13(12)14(18)19/h1-6H,7H2,(H,18,19). The molecular formula is C14H9BrClFO3. The molecule has 0 saturated carbocycles. The molecule has 0 aliphatic carbocycles. The summed E-state index contributed by atoms with van der Waals surface area (Å²) in [5.41, 5.74) is 0.191. The molecule has 0 amide bonds. The summed E-state index contributed by atoms with van der Waals surface area (Å²) in [5, 5.41) is 9.46. The van der Waals surface area contributed by atoms with Crippen molar-refractivity contribution in [2.75, 3.05) is 0 Å². The molecule has 0 heterocycles. The average molecular weight is 360 g/mol. The molecule has 2 aromatic rings. The third-order valence-electron chi connectivity index (χ3n) is 2.59. The summed E-state index contributed by atoms with van der Waals surface area (Å²) in [6.45, 7) is 0.0514. The summed E-state index contributed by atoms with van der Waals surface area (Å²) in [6, 6.07) is 9.09. The van der Waals surface area contributed by atoms with Crippen LogP contribution in [0.1, 0.15) is 15.9 Å². The lowest BCUT2D eigenvalue weighted by Crippen LogP contribution is -2.06. The first-order valence-corrected chi connectivity index (χ1v) is 6.74. The lowest BCUT2D eigenvalue weighted by Gasteiger charge is -2.10. The van der Waals surface area contributed by atoms with Crippen molar-refractivity contribution in [2.24, 2.45) is 0 Å². The van der Waals surface area contributed by atoms with Crippen molar-refractivity contribution in [1.29, 1.82) is 0 Å². The highest BCUT2D eigenvalue weighted by Gasteiger charge is 2.17. The molecule has 0 aromatic heterocycles. The third-order valence-corrected chi connectivity index (χ3v) is 3.43. The molecule has 20 heavy (non-hydrogen) atoms. The number of halogens is 3. The van der Waals surface area contributed by atoms with E-state index in [2.05, 4.69) is 15.9 Å². The maximum atomic E-state index is 13.5. The van der Waals surface area contributed by atoms with Crippen LogP contribution in [0.25, 0.3) is 0 Å². The molecule has 0 saturated heterocycles. The first-order valence-electron chi connectivity index (χ1n) is 5.57. The Morgan fingerprint density at radius 2 is 2.10 bits per heavy atom. The summed E-state index contributed by atoms with van der Waals surface area (Å²) in [5.74, 6) is -2.24. The summed E-state index contributed by atoms with van der Waals surface area (Å²) in [6.07, 6.45) is 0. The number of aromatic carboxylic acids is 1. The van der Waals surface area contributed by atoms with Gasteiger partial charge in [0.1, 0.15) is 23.7 Å². The summed E-state index contributed by atoms with van der Waals surface area (Å²) in [4.78, 5) is 11.0. The van der Waals surface area contributed by atoms with Gasteiger partial charge < -0.3 is 9.84 Å². The molecule has 0 unspecified atom stereocenters. The van der Waals surface area contributed by atoms with Crippen LogP contribution in [-0.2, 0) is 6.61 Å². The van der Waals surface area contributed by atoms with Crippen molar-refractivity contribution < 1.29 is 19.0 Å². The second-order valence-corrected chi connectivity index (χ2v) is 5.27. The lowest BCUT2D eigenvalue weighted by molar-refractivity contribution is 0.0686. The second kappa shape index (κ2) is 6.24. The van der Waals surface area contributed by atoms with E-state index in [4.69, 9.17) is 21.4 Å². The Labute approximate surface area is 128 Å². The maximum Gasteiger partial charge on any atom is 0.342 e. The molecular weight excluding hydrogens is 351 g/mol. The minimum atomic E-state index is -1.37. The molecule has 2 aromatic carbocycles. The number of hydrogen-bond donors (Lipinski definition) is 1. The fourth-order valence-electron chi connectivity index (χ4n) is 1.63. The predicted molar refractivity (Wildman–Crippen MR) is 76.8 cm³/mol. The second-order valence-electron chi connectivity index (χ2n) is 3.94. The number of benzene rings is 2. The van der Waals surface area contributed by atoms with E-state index in [-0.39, 0.29) is 12.4 Å². The van der Waals surface area contributed by atoms with Crippen molar-refractivity contribution in [2.45, 2.75) is 6.61 Å². The first kappa shape index (κ1) is 14.8. The Morgan fingerprint density at radius 3 is 2.75 bits per heavy atom. The molecule has 2 rings (SSSR count). The number of carbonyl (C=O) groups is 1. The van der Waals surface area contributed by atoms with E-state index < -0.39 is 17.3 Å². The topological polar surface area (TPSA) is 46.5 Å². The third kappa shape index (κ3) is 3.29. The van der Waals surface area contributed by atoms with Gasteiger partial charge in [-0.05, 0) is 24.3 Å². The Bertz CT molecular complexity index is 661. The largest absolute Gasteiger partial charge is 0.488 e. The van der Waals surface area contributed by atoms with Crippen molar-refractivity contribution >= 4 is 33.5 Å². The normalized spacial score (nSPS) is 10.3. The number of rotatable bonds is 4. The van der Waals surface area contributed by atoms with Crippen LogP contribution in [0.3, 0.4) is 0 Å². The van der Waals surface area contributed by atoms with E-state index in [1.807, 2.05) is 0 Å². The summed E-state index contributed by atoms with van der Waals surface area (Å²) in [7, 11) is 0. The highest BCUT2D eigenvalue weighted by Crippen LogP contribution is 2.25. The van der Waals surface area contributed by atoms with E-state index in [0.29, 0.717) is 10.6 Å². The van der Waals surface area contributed by atoms with Crippen molar-refractivity contribution in [3.8, 4) is 5.75 Å². The zero-order valence-corrected chi connectivity index (χ0v) is 12.4. The Morgan fingerprint density at radius 1 is 1.35 bits per heavy atom. The van der Waals surface area contributed by atoms with E-state index in [9.17, 15) is 9.18 Å². The van der Waals surface area contributed by atoms with Crippen LogP contribution < -0.4 is 4.74 Å². The van der Waals surface area contributed by atoms with Gasteiger partial charge in [0, 0.05) is 15.1 Å². The maximum absolute atomic E-state index is 13.5. The highest BCUT2D eigenvalue weighted by molar-refractivity contribution is 9.10. The number of hydrogen-bond acceptors (Lipinski definition) is 2. The molecule has 0 bridgehead atoms. The minimum absolute atomic E-state index is 0.0310. The van der Waals surface area contributed by atoms with Crippen LogP contribution in [0.15, 0.2) is 40.9 Å². The molecule has 0 radical (unpaired) electrons. The summed E-state index contributed by atoms with van der Waals surface area (Å²) >= 11 is 9.31. The van der Waals surface area contributed by atoms with Gasteiger partial charge in [0.2, 0.25) is 0 Å². The van der Waals surface area contributed by atoms with Crippen molar-refractivity contribution in [1.82, 2.24) is 0 Å². The van der Waals surface area contributed by atoms with Crippen LogP contribution >= 0.6 is 27.5 Å². The van der Waals surface area contributed by atoms with Crippen molar-refractivity contribution in [3.63, 3.8) is 0 Å². The average Bonchev–Trinajstić information content (AvgIpc) is 2.37. The Balaban J connectivity index is 2.23. The van der Waals surface area contributed by atoms with Crippen LogP contribution in [0.4, 0.5) is 4.39 Å². The van der Waals surface area contributed by atoms with Gasteiger partial charge in [0.25, 0.3) is 0 Å². The zero-order chi connectivity index (χ0) is 14.7. The number of carboxylic acid groups (broad SMARTS) is 1. The van der Waals surface area contributed by atoms with Gasteiger partial charge in [-0.3, -0.25) is 0 Å². The number of ether oxygens (including phenoxy) is 1. The van der Waals surface area contributed by atoms with Gasteiger partial charge in [-0.25, -0.2) is 9.18 Å². The SMILES string of the molecule is O=C(O)c1c(F)cccc1OCc1ccc(Br)cc1Cl. The zero-order valence-electron chi connectivity index (χ0n) is 10.1. The van der Waals surface area contributed by atoms with Crippen LogP contribution in [0, 0.1) is 5.82 Å². The van der Waals surface area contributed by atoms with Gasteiger partial charge in [-0.1, -0.05) is 39.7 Å². The molecule has 6 heteroatoms. The Hall–Kier alpha value is -1.59. The fraction of sp³-hybridized carbons (Fsp3) is 0.0714. The highest BCUT2D eigenvalue weighted by atomic mass is 79.9. The Kier molecular flexibility index (Phi) is 4.62. The van der Waals surface area contributed by atoms with Crippen LogP contribution in [0.2, 0.25) is 5.02 Å². The fourth-order valence-corrected chi connectivity index (χ4v) is 2.35. The van der Waals surface area contributed by atoms with Gasteiger partial charge in [0.15, 0.2) is 0 Å². The first-order chi connectivity index (χ1) is 9.49. The molecule has 0 aliphatic heterocycles. The molecule has 0 fully saturated rings. The van der Waals surface area contributed by atoms with Gasteiger partial charge in [-0.15, -0.1) is 0 Å². The quantitative estimate of drug-likeness (QED) is 0.873. The molecule has 1 N–H and O–H groups in total. The van der Waals surface area contributed by atoms with Crippen LogP contribution in [-0.4, -0.2) is 11.1 Å². The summed E-state index contributed by atoms with van der Waals surface area (Å²) < 4.78 is 19.7. The molecule has 3 nitrogen and oxygen atoms in total. The monoisotopic (exact) mass is 358 g/mol.